The third kappa shape index (κ3) is 6.63. The van der Waals surface area contributed by atoms with Gasteiger partial charge in [-0.3, -0.25) is 14.5 Å². The number of fused-ring (bicyclic) bond motifs is 3. The summed E-state index contributed by atoms with van der Waals surface area (Å²) in [5.74, 6) is -0.957. The van der Waals surface area contributed by atoms with Gasteiger partial charge < -0.3 is 20.1 Å². The number of nitrogens with zero attached hydrogens (tertiary/aromatic N) is 2. The minimum atomic E-state index is -1.25. The molecule has 0 aromatic heterocycles. The van der Waals surface area contributed by atoms with Gasteiger partial charge >= 0.3 is 12.1 Å². The number of likely N-dealkylation sites (tertiary alicyclic amines) is 1. The second kappa shape index (κ2) is 13.4. The zero-order valence-corrected chi connectivity index (χ0v) is 24.6. The molecule has 9 heteroatoms. The second-order valence-electron chi connectivity index (χ2n) is 10.9. The van der Waals surface area contributed by atoms with Gasteiger partial charge in [0.25, 0.3) is 0 Å². The smallest absolute Gasteiger partial charge is 0.408 e. The number of carbonyl (C=O) groups excluding carboxylic acids is 2. The Labute approximate surface area is 251 Å². The van der Waals surface area contributed by atoms with E-state index in [1.165, 1.54) is 22.2 Å². The fraction of sp³-hybridized carbons (Fsp3) is 0.364. The Morgan fingerprint density at radius 2 is 1.55 bits per heavy atom. The first-order valence-electron chi connectivity index (χ1n) is 14.3. The lowest BCUT2D eigenvalue weighted by atomic mass is 9.85. The molecule has 1 saturated heterocycles. The van der Waals surface area contributed by atoms with Gasteiger partial charge in [-0.2, -0.15) is 11.8 Å². The normalized spacial score (nSPS) is 15.8. The molecule has 2 N–H and O–H groups in total. The van der Waals surface area contributed by atoms with Crippen LogP contribution in [0.15, 0.2) is 78.9 Å². The van der Waals surface area contributed by atoms with E-state index in [1.807, 2.05) is 48.7 Å². The highest BCUT2D eigenvalue weighted by Crippen LogP contribution is 2.44. The van der Waals surface area contributed by atoms with Crippen LogP contribution in [0.2, 0.25) is 0 Å². The number of aliphatic carboxylic acids is 1. The van der Waals surface area contributed by atoms with Crippen LogP contribution in [0.3, 0.4) is 0 Å². The van der Waals surface area contributed by atoms with E-state index in [1.54, 1.807) is 0 Å². The maximum Gasteiger partial charge on any atom is 0.408 e. The Balaban J connectivity index is 1.32. The van der Waals surface area contributed by atoms with Crippen LogP contribution in [0.25, 0.3) is 11.1 Å². The third-order valence-electron chi connectivity index (χ3n) is 8.23. The van der Waals surface area contributed by atoms with Crippen molar-refractivity contribution in [1.29, 1.82) is 0 Å². The highest BCUT2D eigenvalue weighted by molar-refractivity contribution is 7.98. The lowest BCUT2D eigenvalue weighted by Gasteiger charge is -2.43. The molecule has 1 fully saturated rings. The highest BCUT2D eigenvalue weighted by Gasteiger charge is 2.46. The van der Waals surface area contributed by atoms with E-state index < -0.39 is 24.1 Å². The van der Waals surface area contributed by atoms with Gasteiger partial charge in [-0.25, -0.2) is 4.79 Å². The van der Waals surface area contributed by atoms with Crippen molar-refractivity contribution >= 4 is 29.7 Å². The standard InChI is InChI=1S/C33H37N3O5S/c1-42-20-19-36(22-30(37)38)31(39)33(15-17-35(18-16-33)21-24-9-3-2-4-10-24)34-32(40)41-23-29-27-13-7-5-11-25(27)26-12-6-8-14-28(26)29/h2-14,29H,15-23H2,1H3,(H,34,40)(H,37,38). The second-order valence-corrected chi connectivity index (χ2v) is 11.9. The summed E-state index contributed by atoms with van der Waals surface area (Å²) in [7, 11) is 0. The van der Waals surface area contributed by atoms with Gasteiger partial charge in [0.2, 0.25) is 5.91 Å². The van der Waals surface area contributed by atoms with Crippen molar-refractivity contribution < 1.29 is 24.2 Å². The molecule has 3 aromatic carbocycles. The van der Waals surface area contributed by atoms with Crippen LogP contribution in [0.5, 0.6) is 0 Å². The zero-order valence-electron chi connectivity index (χ0n) is 23.8. The molecule has 2 aliphatic rings. The fourth-order valence-corrected chi connectivity index (χ4v) is 6.48. The van der Waals surface area contributed by atoms with Crippen LogP contribution in [0, 0.1) is 0 Å². The van der Waals surface area contributed by atoms with E-state index in [-0.39, 0.29) is 25.0 Å². The molecule has 8 nitrogen and oxygen atoms in total. The monoisotopic (exact) mass is 587 g/mol. The van der Waals surface area contributed by atoms with Gasteiger partial charge in [0.1, 0.15) is 18.7 Å². The fourth-order valence-electron chi connectivity index (χ4n) is 6.08. The predicted octanol–water partition coefficient (Wildman–Crippen LogP) is 4.84. The number of carboxylic acid groups (broad SMARTS) is 1. The van der Waals surface area contributed by atoms with Gasteiger partial charge in [0.15, 0.2) is 0 Å². The number of piperidine rings is 1. The number of alkyl carbamates (subject to hydrolysis) is 1. The topological polar surface area (TPSA) is 99.2 Å². The maximum absolute atomic E-state index is 14.0. The first-order chi connectivity index (χ1) is 20.4. The van der Waals surface area contributed by atoms with E-state index in [0.29, 0.717) is 31.7 Å². The molecule has 3 aromatic rings. The zero-order chi connectivity index (χ0) is 29.5. The van der Waals surface area contributed by atoms with E-state index in [4.69, 9.17) is 4.74 Å². The summed E-state index contributed by atoms with van der Waals surface area (Å²) in [6.45, 7) is 1.90. The van der Waals surface area contributed by atoms with Crippen LogP contribution < -0.4 is 5.32 Å². The summed E-state index contributed by atoms with van der Waals surface area (Å²) in [5.41, 5.74) is 4.42. The maximum atomic E-state index is 14.0. The minimum absolute atomic E-state index is 0.104. The van der Waals surface area contributed by atoms with Gasteiger partial charge in [-0.1, -0.05) is 78.9 Å². The van der Waals surface area contributed by atoms with Crippen molar-refractivity contribution in [2.45, 2.75) is 30.8 Å². The van der Waals surface area contributed by atoms with Crippen molar-refractivity contribution in [3.05, 3.63) is 95.6 Å². The molecule has 1 heterocycles. The van der Waals surface area contributed by atoms with Crippen molar-refractivity contribution in [1.82, 2.24) is 15.1 Å². The molecule has 1 aliphatic carbocycles. The van der Waals surface area contributed by atoms with Crippen molar-refractivity contribution in [2.24, 2.45) is 0 Å². The van der Waals surface area contributed by atoms with E-state index in [9.17, 15) is 19.5 Å². The molecule has 0 unspecified atom stereocenters. The number of ether oxygens (including phenoxy) is 1. The number of hydrogen-bond acceptors (Lipinski definition) is 6. The molecule has 0 spiro atoms. The molecule has 0 radical (unpaired) electrons. The molecule has 0 atom stereocenters. The molecule has 5 rings (SSSR count). The molecule has 0 bridgehead atoms. The molecular weight excluding hydrogens is 550 g/mol. The van der Waals surface area contributed by atoms with Gasteiger partial charge in [0, 0.05) is 37.8 Å². The summed E-state index contributed by atoms with van der Waals surface area (Å²) in [4.78, 5) is 42.7. The Bertz CT molecular complexity index is 1360. The Kier molecular flexibility index (Phi) is 9.49. The van der Waals surface area contributed by atoms with E-state index >= 15 is 0 Å². The lowest BCUT2D eigenvalue weighted by molar-refractivity contribution is -0.148. The quantitative estimate of drug-likeness (QED) is 0.331. The number of benzene rings is 3. The Morgan fingerprint density at radius 1 is 0.952 bits per heavy atom. The summed E-state index contributed by atoms with van der Waals surface area (Å²) in [5, 5.41) is 12.5. The largest absolute Gasteiger partial charge is 0.480 e. The number of carboxylic acids is 1. The van der Waals surface area contributed by atoms with Crippen LogP contribution >= 0.6 is 11.8 Å². The average Bonchev–Trinajstić information content (AvgIpc) is 3.33. The van der Waals surface area contributed by atoms with Gasteiger partial charge in [0.05, 0.1) is 0 Å². The van der Waals surface area contributed by atoms with Crippen molar-refractivity contribution in [2.75, 3.05) is 44.8 Å². The van der Waals surface area contributed by atoms with Gasteiger partial charge in [-0.05, 0) is 46.9 Å². The van der Waals surface area contributed by atoms with E-state index in [2.05, 4.69) is 46.6 Å². The molecule has 1 aliphatic heterocycles. The number of thioether (sulfide) groups is 1. The molecule has 42 heavy (non-hydrogen) atoms. The number of nitrogens with one attached hydrogen (secondary N) is 1. The first kappa shape index (κ1) is 29.7. The number of carbonyl (C=O) groups is 3. The first-order valence-corrected chi connectivity index (χ1v) is 15.7. The molecule has 0 saturated carbocycles. The van der Waals surface area contributed by atoms with Crippen LogP contribution in [0.1, 0.15) is 35.4 Å². The summed E-state index contributed by atoms with van der Waals surface area (Å²) < 4.78 is 5.83. The third-order valence-corrected chi connectivity index (χ3v) is 8.82. The van der Waals surface area contributed by atoms with Crippen LogP contribution in [-0.2, 0) is 20.9 Å². The highest BCUT2D eigenvalue weighted by atomic mass is 32.2. The van der Waals surface area contributed by atoms with E-state index in [0.717, 1.165) is 28.8 Å². The van der Waals surface area contributed by atoms with Crippen LogP contribution in [0.4, 0.5) is 4.79 Å². The Morgan fingerprint density at radius 3 is 2.14 bits per heavy atom. The summed E-state index contributed by atoms with van der Waals surface area (Å²) in [6, 6.07) is 26.4. The summed E-state index contributed by atoms with van der Waals surface area (Å²) >= 11 is 1.54. The predicted molar refractivity (Wildman–Crippen MR) is 164 cm³/mol. The van der Waals surface area contributed by atoms with Crippen LogP contribution in [-0.4, -0.2) is 83.2 Å². The SMILES string of the molecule is CSCCN(CC(=O)O)C(=O)C1(NC(=O)OCC2c3ccccc3-c3ccccc32)CCN(Cc2ccccc2)CC1. The van der Waals surface area contributed by atoms with Crippen molar-refractivity contribution in [3.63, 3.8) is 0 Å². The number of amides is 2. The molecule has 2 amide bonds. The number of hydrogen-bond donors (Lipinski definition) is 2. The van der Waals surface area contributed by atoms with Gasteiger partial charge in [-0.15, -0.1) is 0 Å². The molecular formula is C33H37N3O5S. The Hall–Kier alpha value is -3.82. The van der Waals surface area contributed by atoms with Crippen molar-refractivity contribution in [3.8, 4) is 11.1 Å². The molecule has 220 valence electrons. The number of rotatable bonds is 11. The lowest BCUT2D eigenvalue weighted by Crippen LogP contribution is -2.64. The minimum Gasteiger partial charge on any atom is -0.480 e. The summed E-state index contributed by atoms with van der Waals surface area (Å²) in [6.07, 6.45) is 1.97. The average molecular weight is 588 g/mol.